The molecule has 1 aromatic carbocycles. The summed E-state index contributed by atoms with van der Waals surface area (Å²) in [5, 5.41) is 10.2. The molecular formula is C16H14N4O4S. The van der Waals surface area contributed by atoms with Crippen LogP contribution in [0.3, 0.4) is 0 Å². The zero-order valence-corrected chi connectivity index (χ0v) is 13.8. The Balaban J connectivity index is 1.27. The molecule has 8 nitrogen and oxygen atoms in total. The summed E-state index contributed by atoms with van der Waals surface area (Å²) >= 11 is 1.25. The summed E-state index contributed by atoms with van der Waals surface area (Å²) in [6.45, 7) is 0.653. The number of thioether (sulfide) groups is 1. The fourth-order valence-electron chi connectivity index (χ4n) is 2.27. The van der Waals surface area contributed by atoms with E-state index in [-0.39, 0.29) is 18.5 Å². The molecule has 4 rings (SSSR count). The van der Waals surface area contributed by atoms with E-state index in [0.29, 0.717) is 29.0 Å². The van der Waals surface area contributed by atoms with E-state index >= 15 is 0 Å². The van der Waals surface area contributed by atoms with Crippen molar-refractivity contribution in [1.82, 2.24) is 20.5 Å². The summed E-state index contributed by atoms with van der Waals surface area (Å²) in [5.41, 5.74) is 0.945. The molecule has 2 N–H and O–H groups in total. The molecule has 0 unspecified atom stereocenters. The summed E-state index contributed by atoms with van der Waals surface area (Å²) in [4.78, 5) is 16.3. The first-order chi connectivity index (χ1) is 12.3. The van der Waals surface area contributed by atoms with E-state index in [4.69, 9.17) is 13.9 Å². The van der Waals surface area contributed by atoms with Gasteiger partial charge in [0, 0.05) is 6.54 Å². The average Bonchev–Trinajstić information content (AvgIpc) is 3.38. The van der Waals surface area contributed by atoms with E-state index in [0.717, 1.165) is 11.3 Å². The highest BCUT2D eigenvalue weighted by atomic mass is 32.2. The van der Waals surface area contributed by atoms with Gasteiger partial charge < -0.3 is 19.2 Å². The number of furan rings is 1. The topological polar surface area (TPSA) is 102 Å². The van der Waals surface area contributed by atoms with E-state index < -0.39 is 0 Å². The molecule has 0 spiro atoms. The van der Waals surface area contributed by atoms with Gasteiger partial charge in [-0.25, -0.2) is 0 Å². The third kappa shape index (κ3) is 3.61. The number of amides is 1. The van der Waals surface area contributed by atoms with Crippen molar-refractivity contribution in [3.63, 3.8) is 0 Å². The van der Waals surface area contributed by atoms with Crippen LogP contribution in [0.4, 0.5) is 0 Å². The van der Waals surface area contributed by atoms with Crippen molar-refractivity contribution < 1.29 is 18.7 Å². The SMILES string of the molecule is O=C(CSc1n[nH]c(-c2ccco2)n1)NCc1ccc2c(c1)OCO2. The van der Waals surface area contributed by atoms with Gasteiger partial charge in [-0.3, -0.25) is 9.89 Å². The number of hydrogen-bond donors (Lipinski definition) is 2. The molecule has 0 saturated heterocycles. The van der Waals surface area contributed by atoms with Gasteiger partial charge in [0.15, 0.2) is 23.1 Å². The Labute approximate surface area is 146 Å². The number of ether oxygens (including phenoxy) is 2. The predicted molar refractivity (Wildman–Crippen MR) is 89.2 cm³/mol. The molecule has 0 radical (unpaired) electrons. The van der Waals surface area contributed by atoms with Gasteiger partial charge in [-0.05, 0) is 29.8 Å². The molecule has 0 saturated carbocycles. The number of carbonyl (C=O) groups excluding carboxylic acids is 1. The highest BCUT2D eigenvalue weighted by molar-refractivity contribution is 7.99. The van der Waals surface area contributed by atoms with Crippen molar-refractivity contribution in [3.05, 3.63) is 42.2 Å². The quantitative estimate of drug-likeness (QED) is 0.651. The molecule has 0 atom stereocenters. The summed E-state index contributed by atoms with van der Waals surface area (Å²) in [6, 6.07) is 9.15. The van der Waals surface area contributed by atoms with Gasteiger partial charge in [-0.1, -0.05) is 17.8 Å². The minimum Gasteiger partial charge on any atom is -0.461 e. The molecular weight excluding hydrogens is 344 g/mol. The predicted octanol–water partition coefficient (Wildman–Crippen LogP) is 2.20. The first-order valence-corrected chi connectivity index (χ1v) is 8.51. The molecule has 0 aliphatic carbocycles. The standard InChI is InChI=1S/C16H14N4O4S/c21-14(17-7-10-3-4-11-13(6-10)24-9-23-11)8-25-16-18-15(19-20-16)12-2-1-5-22-12/h1-6H,7-9H2,(H,17,21)(H,18,19,20). The number of aromatic amines is 1. The Kier molecular flexibility index (Phi) is 4.30. The van der Waals surface area contributed by atoms with Crippen molar-refractivity contribution in [2.75, 3.05) is 12.5 Å². The first kappa shape index (κ1) is 15.6. The molecule has 1 aliphatic rings. The van der Waals surface area contributed by atoms with Crippen LogP contribution >= 0.6 is 11.8 Å². The summed E-state index contributed by atoms with van der Waals surface area (Å²) in [7, 11) is 0. The monoisotopic (exact) mass is 358 g/mol. The van der Waals surface area contributed by atoms with Crippen LogP contribution in [-0.4, -0.2) is 33.6 Å². The highest BCUT2D eigenvalue weighted by Gasteiger charge is 2.14. The molecule has 0 bridgehead atoms. The van der Waals surface area contributed by atoms with Gasteiger partial charge in [-0.2, -0.15) is 4.98 Å². The Bertz CT molecular complexity index is 878. The van der Waals surface area contributed by atoms with Crippen molar-refractivity contribution >= 4 is 17.7 Å². The molecule has 3 aromatic rings. The summed E-state index contributed by atoms with van der Waals surface area (Å²) in [5.74, 6) is 2.68. The lowest BCUT2D eigenvalue weighted by molar-refractivity contribution is -0.118. The average molecular weight is 358 g/mol. The van der Waals surface area contributed by atoms with Gasteiger partial charge in [0.1, 0.15) is 0 Å². The maximum atomic E-state index is 12.0. The zero-order chi connectivity index (χ0) is 17.1. The van der Waals surface area contributed by atoms with Crippen LogP contribution in [0.1, 0.15) is 5.56 Å². The number of rotatable bonds is 6. The fraction of sp³-hybridized carbons (Fsp3) is 0.188. The second kappa shape index (κ2) is 6.89. The molecule has 128 valence electrons. The highest BCUT2D eigenvalue weighted by Crippen LogP contribution is 2.32. The third-order valence-corrected chi connectivity index (χ3v) is 4.33. The molecule has 25 heavy (non-hydrogen) atoms. The molecule has 0 fully saturated rings. The lowest BCUT2D eigenvalue weighted by Crippen LogP contribution is -2.24. The van der Waals surface area contributed by atoms with Crippen LogP contribution in [-0.2, 0) is 11.3 Å². The van der Waals surface area contributed by atoms with E-state index in [1.807, 2.05) is 18.2 Å². The smallest absolute Gasteiger partial charge is 0.231 e. The first-order valence-electron chi connectivity index (χ1n) is 7.52. The van der Waals surface area contributed by atoms with Gasteiger partial charge in [0.05, 0.1) is 12.0 Å². The third-order valence-electron chi connectivity index (χ3n) is 3.48. The van der Waals surface area contributed by atoms with Gasteiger partial charge in [0.25, 0.3) is 0 Å². The normalized spacial score (nSPS) is 12.3. The van der Waals surface area contributed by atoms with Gasteiger partial charge in [0.2, 0.25) is 17.9 Å². The molecule has 3 heterocycles. The number of nitrogens with one attached hydrogen (secondary N) is 2. The van der Waals surface area contributed by atoms with Gasteiger partial charge in [-0.15, -0.1) is 5.10 Å². The van der Waals surface area contributed by atoms with Crippen LogP contribution < -0.4 is 14.8 Å². The van der Waals surface area contributed by atoms with Crippen molar-refractivity contribution in [1.29, 1.82) is 0 Å². The Morgan fingerprint density at radius 1 is 1.28 bits per heavy atom. The maximum absolute atomic E-state index is 12.0. The Morgan fingerprint density at radius 3 is 3.08 bits per heavy atom. The number of H-pyrrole nitrogens is 1. The van der Waals surface area contributed by atoms with Crippen molar-refractivity contribution in [2.24, 2.45) is 0 Å². The fourth-order valence-corrected chi connectivity index (χ4v) is 2.90. The Morgan fingerprint density at radius 2 is 2.20 bits per heavy atom. The lowest BCUT2D eigenvalue weighted by Gasteiger charge is -2.05. The minimum atomic E-state index is -0.105. The van der Waals surface area contributed by atoms with Crippen LogP contribution in [0.15, 0.2) is 46.2 Å². The van der Waals surface area contributed by atoms with Gasteiger partial charge >= 0.3 is 0 Å². The molecule has 9 heteroatoms. The number of benzene rings is 1. The summed E-state index contributed by atoms with van der Waals surface area (Å²) in [6.07, 6.45) is 1.56. The second-order valence-corrected chi connectivity index (χ2v) is 6.14. The Hall–Kier alpha value is -2.94. The number of fused-ring (bicyclic) bond motifs is 1. The number of carbonyl (C=O) groups is 1. The van der Waals surface area contributed by atoms with Crippen molar-refractivity contribution in [2.45, 2.75) is 11.7 Å². The number of aromatic nitrogens is 3. The maximum Gasteiger partial charge on any atom is 0.231 e. The van der Waals surface area contributed by atoms with Crippen molar-refractivity contribution in [3.8, 4) is 23.1 Å². The second-order valence-electron chi connectivity index (χ2n) is 5.20. The summed E-state index contributed by atoms with van der Waals surface area (Å²) < 4.78 is 15.8. The molecule has 1 aliphatic heterocycles. The molecule has 2 aromatic heterocycles. The van der Waals surface area contributed by atoms with E-state index in [2.05, 4.69) is 20.5 Å². The molecule has 1 amide bonds. The largest absolute Gasteiger partial charge is 0.461 e. The number of nitrogens with zero attached hydrogens (tertiary/aromatic N) is 2. The lowest BCUT2D eigenvalue weighted by atomic mass is 10.2. The van der Waals surface area contributed by atoms with E-state index in [1.54, 1.807) is 18.4 Å². The zero-order valence-electron chi connectivity index (χ0n) is 13.0. The van der Waals surface area contributed by atoms with Crippen LogP contribution in [0.25, 0.3) is 11.6 Å². The van der Waals surface area contributed by atoms with E-state index in [9.17, 15) is 4.79 Å². The van der Waals surface area contributed by atoms with Crippen LogP contribution in [0.2, 0.25) is 0 Å². The van der Waals surface area contributed by atoms with Crippen LogP contribution in [0.5, 0.6) is 11.5 Å². The van der Waals surface area contributed by atoms with E-state index in [1.165, 1.54) is 11.8 Å². The van der Waals surface area contributed by atoms with Crippen LogP contribution in [0, 0.1) is 0 Å². The number of hydrogen-bond acceptors (Lipinski definition) is 7. The minimum absolute atomic E-state index is 0.105.